The first-order chi connectivity index (χ1) is 12.1. The molecule has 1 aromatic heterocycles. The number of carbonyl (C=O) groups is 2. The van der Waals surface area contributed by atoms with Crippen LogP contribution in [0.4, 0.5) is 0 Å². The molecular formula is C21H22O4. The standard InChI is InChI=1S/C21H22O4/c1-3-14-7-9-15(10-8-14)17-12-16(19-6-5-11-25-19)13-18(22)20(17)21(23)24-4-2/h5-11,13,17,20H,3-4,12H2,1-2H3/t17-,20+/m0/s1. The van der Waals surface area contributed by atoms with Gasteiger partial charge in [-0.3, -0.25) is 9.59 Å². The summed E-state index contributed by atoms with van der Waals surface area (Å²) in [6, 6.07) is 11.7. The average molecular weight is 338 g/mol. The summed E-state index contributed by atoms with van der Waals surface area (Å²) in [5.74, 6) is -1.05. The number of hydrogen-bond donors (Lipinski definition) is 0. The molecule has 1 aliphatic carbocycles. The van der Waals surface area contributed by atoms with Gasteiger partial charge < -0.3 is 9.15 Å². The van der Waals surface area contributed by atoms with Crippen LogP contribution in [0.15, 0.2) is 53.2 Å². The molecule has 0 saturated heterocycles. The highest BCUT2D eigenvalue weighted by Crippen LogP contribution is 2.40. The van der Waals surface area contributed by atoms with E-state index < -0.39 is 11.9 Å². The third-order valence-corrected chi connectivity index (χ3v) is 4.66. The molecule has 4 nitrogen and oxygen atoms in total. The lowest BCUT2D eigenvalue weighted by Crippen LogP contribution is -2.34. The Balaban J connectivity index is 1.98. The number of hydrogen-bond acceptors (Lipinski definition) is 4. The van der Waals surface area contributed by atoms with Crippen molar-refractivity contribution in [3.05, 3.63) is 65.6 Å². The van der Waals surface area contributed by atoms with Gasteiger partial charge in [0.15, 0.2) is 5.78 Å². The third-order valence-electron chi connectivity index (χ3n) is 4.66. The number of benzene rings is 1. The highest BCUT2D eigenvalue weighted by molar-refractivity contribution is 6.10. The minimum absolute atomic E-state index is 0.222. The van der Waals surface area contributed by atoms with E-state index in [4.69, 9.17) is 9.15 Å². The third kappa shape index (κ3) is 3.58. The Bertz CT molecular complexity index is 769. The normalized spacial score (nSPS) is 20.2. The van der Waals surface area contributed by atoms with Crippen LogP contribution in [-0.2, 0) is 20.7 Å². The van der Waals surface area contributed by atoms with Crippen LogP contribution in [0.5, 0.6) is 0 Å². The van der Waals surface area contributed by atoms with Gasteiger partial charge in [-0.05, 0) is 54.7 Å². The van der Waals surface area contributed by atoms with Crippen molar-refractivity contribution in [1.82, 2.24) is 0 Å². The highest BCUT2D eigenvalue weighted by Gasteiger charge is 2.40. The molecule has 0 N–H and O–H groups in total. The summed E-state index contributed by atoms with van der Waals surface area (Å²) < 4.78 is 10.6. The molecule has 130 valence electrons. The van der Waals surface area contributed by atoms with Crippen molar-refractivity contribution in [3.8, 4) is 0 Å². The van der Waals surface area contributed by atoms with Gasteiger partial charge in [0.1, 0.15) is 11.7 Å². The Kier molecular flexibility index (Phi) is 5.17. The van der Waals surface area contributed by atoms with Gasteiger partial charge in [0.25, 0.3) is 0 Å². The van der Waals surface area contributed by atoms with Gasteiger partial charge in [0.2, 0.25) is 0 Å². The molecule has 1 aliphatic rings. The van der Waals surface area contributed by atoms with Gasteiger partial charge in [-0.1, -0.05) is 31.2 Å². The number of ether oxygens (including phenoxy) is 1. The van der Waals surface area contributed by atoms with E-state index in [1.807, 2.05) is 30.3 Å². The SMILES string of the molecule is CCOC(=O)[C@H]1C(=O)C=C(c2ccco2)C[C@H]1c1ccc(CC)cc1. The molecule has 0 bridgehead atoms. The molecule has 0 fully saturated rings. The summed E-state index contributed by atoms with van der Waals surface area (Å²) in [4.78, 5) is 25.1. The zero-order valence-corrected chi connectivity index (χ0v) is 14.5. The summed E-state index contributed by atoms with van der Waals surface area (Å²) >= 11 is 0. The maximum atomic E-state index is 12.7. The van der Waals surface area contributed by atoms with Gasteiger partial charge in [-0.25, -0.2) is 0 Å². The van der Waals surface area contributed by atoms with Crippen molar-refractivity contribution in [3.63, 3.8) is 0 Å². The molecule has 2 atom stereocenters. The molecule has 0 aliphatic heterocycles. The maximum absolute atomic E-state index is 12.7. The fraction of sp³-hybridized carbons (Fsp3) is 0.333. The Morgan fingerprint density at radius 3 is 2.56 bits per heavy atom. The van der Waals surface area contributed by atoms with Crippen molar-refractivity contribution in [2.24, 2.45) is 5.92 Å². The van der Waals surface area contributed by atoms with E-state index in [2.05, 4.69) is 6.92 Å². The fourth-order valence-corrected chi connectivity index (χ4v) is 3.33. The number of furan rings is 1. The quantitative estimate of drug-likeness (QED) is 0.607. The zero-order chi connectivity index (χ0) is 17.8. The molecule has 3 rings (SSSR count). The van der Waals surface area contributed by atoms with Crippen LogP contribution in [0, 0.1) is 5.92 Å². The van der Waals surface area contributed by atoms with Crippen molar-refractivity contribution in [2.75, 3.05) is 6.61 Å². The highest BCUT2D eigenvalue weighted by atomic mass is 16.5. The summed E-state index contributed by atoms with van der Waals surface area (Å²) in [6.07, 6.45) is 4.62. The van der Waals surface area contributed by atoms with Crippen molar-refractivity contribution in [2.45, 2.75) is 32.6 Å². The Morgan fingerprint density at radius 2 is 1.96 bits per heavy atom. The summed E-state index contributed by atoms with van der Waals surface area (Å²) in [7, 11) is 0. The van der Waals surface area contributed by atoms with Crippen LogP contribution in [0.2, 0.25) is 0 Å². The second-order valence-electron chi connectivity index (χ2n) is 6.18. The molecule has 0 unspecified atom stereocenters. The van der Waals surface area contributed by atoms with E-state index in [0.717, 1.165) is 17.6 Å². The van der Waals surface area contributed by atoms with Crippen LogP contribution < -0.4 is 0 Å². The minimum atomic E-state index is -0.800. The lowest BCUT2D eigenvalue weighted by Gasteiger charge is -2.28. The molecule has 0 saturated carbocycles. The number of rotatable bonds is 5. The molecule has 1 aromatic carbocycles. The second kappa shape index (κ2) is 7.51. The van der Waals surface area contributed by atoms with Crippen LogP contribution in [0.1, 0.15) is 43.1 Å². The molecule has 25 heavy (non-hydrogen) atoms. The predicted molar refractivity (Wildman–Crippen MR) is 95.0 cm³/mol. The van der Waals surface area contributed by atoms with Gasteiger partial charge >= 0.3 is 5.97 Å². The van der Waals surface area contributed by atoms with Crippen LogP contribution in [-0.4, -0.2) is 18.4 Å². The van der Waals surface area contributed by atoms with Crippen molar-refractivity contribution < 1.29 is 18.7 Å². The van der Waals surface area contributed by atoms with Gasteiger partial charge in [-0.15, -0.1) is 0 Å². The zero-order valence-electron chi connectivity index (χ0n) is 14.5. The van der Waals surface area contributed by atoms with E-state index in [0.29, 0.717) is 12.2 Å². The van der Waals surface area contributed by atoms with E-state index in [9.17, 15) is 9.59 Å². The maximum Gasteiger partial charge on any atom is 0.317 e. The Hall–Kier alpha value is -2.62. The molecular weight excluding hydrogens is 316 g/mol. The topological polar surface area (TPSA) is 56.5 Å². The number of esters is 1. The monoisotopic (exact) mass is 338 g/mol. The van der Waals surface area contributed by atoms with E-state index in [1.54, 1.807) is 19.3 Å². The Labute approximate surface area is 147 Å². The van der Waals surface area contributed by atoms with E-state index in [-0.39, 0.29) is 18.3 Å². The number of allylic oxidation sites excluding steroid dienone is 2. The van der Waals surface area contributed by atoms with Gasteiger partial charge in [0.05, 0.1) is 12.9 Å². The molecule has 0 radical (unpaired) electrons. The second-order valence-corrected chi connectivity index (χ2v) is 6.18. The molecule has 0 amide bonds. The average Bonchev–Trinajstić information content (AvgIpc) is 3.16. The van der Waals surface area contributed by atoms with Crippen LogP contribution in [0.25, 0.3) is 5.57 Å². The number of aryl methyl sites for hydroxylation is 1. The minimum Gasteiger partial charge on any atom is -0.465 e. The van der Waals surface area contributed by atoms with Gasteiger partial charge in [-0.2, -0.15) is 0 Å². The fourth-order valence-electron chi connectivity index (χ4n) is 3.33. The summed E-state index contributed by atoms with van der Waals surface area (Å²) in [5.41, 5.74) is 3.02. The van der Waals surface area contributed by atoms with Crippen LogP contribution >= 0.6 is 0 Å². The molecule has 0 spiro atoms. The van der Waals surface area contributed by atoms with Crippen LogP contribution in [0.3, 0.4) is 0 Å². The molecule has 4 heteroatoms. The summed E-state index contributed by atoms with van der Waals surface area (Å²) in [5, 5.41) is 0. The van der Waals surface area contributed by atoms with E-state index in [1.165, 1.54) is 11.6 Å². The molecule has 2 aromatic rings. The van der Waals surface area contributed by atoms with Crippen molar-refractivity contribution in [1.29, 1.82) is 0 Å². The Morgan fingerprint density at radius 1 is 1.20 bits per heavy atom. The lowest BCUT2D eigenvalue weighted by molar-refractivity contribution is -0.151. The smallest absolute Gasteiger partial charge is 0.317 e. The van der Waals surface area contributed by atoms with Gasteiger partial charge in [0, 0.05) is 5.92 Å². The first kappa shape index (κ1) is 17.2. The number of carbonyl (C=O) groups excluding carboxylic acids is 2. The number of ketones is 1. The predicted octanol–water partition coefficient (Wildman–Crippen LogP) is 4.16. The van der Waals surface area contributed by atoms with E-state index >= 15 is 0 Å². The van der Waals surface area contributed by atoms with Crippen molar-refractivity contribution >= 4 is 17.3 Å². The lowest BCUT2D eigenvalue weighted by atomic mass is 9.74. The summed E-state index contributed by atoms with van der Waals surface area (Å²) in [6.45, 7) is 4.11. The largest absolute Gasteiger partial charge is 0.465 e. The first-order valence-electron chi connectivity index (χ1n) is 8.67. The molecule has 1 heterocycles. The first-order valence-corrected chi connectivity index (χ1v) is 8.67.